The second kappa shape index (κ2) is 8.11. The van der Waals surface area contributed by atoms with E-state index in [9.17, 15) is 14.4 Å². The highest BCUT2D eigenvalue weighted by Gasteiger charge is 2.21. The normalized spacial score (nSPS) is 11.5. The van der Waals surface area contributed by atoms with Crippen LogP contribution in [-0.4, -0.2) is 40.7 Å². The molecule has 1 aromatic rings. The van der Waals surface area contributed by atoms with E-state index in [2.05, 4.69) is 5.32 Å². The number of benzene rings is 1. The summed E-state index contributed by atoms with van der Waals surface area (Å²) in [4.78, 5) is 32.9. The van der Waals surface area contributed by atoms with Crippen LogP contribution in [0.5, 0.6) is 5.75 Å². The summed E-state index contributed by atoms with van der Waals surface area (Å²) in [7, 11) is 0. The second-order valence-electron chi connectivity index (χ2n) is 4.11. The van der Waals surface area contributed by atoms with Gasteiger partial charge in [0.1, 0.15) is 11.8 Å². The molecule has 21 heavy (non-hydrogen) atoms. The van der Waals surface area contributed by atoms with Gasteiger partial charge in [-0.15, -0.1) is 0 Å². The molecule has 3 N–H and O–H groups in total. The zero-order valence-corrected chi connectivity index (χ0v) is 11.7. The van der Waals surface area contributed by atoms with E-state index >= 15 is 0 Å². The van der Waals surface area contributed by atoms with Crippen LogP contribution in [0.2, 0.25) is 5.02 Å². The van der Waals surface area contributed by atoms with Gasteiger partial charge in [-0.3, -0.25) is 9.59 Å². The second-order valence-corrected chi connectivity index (χ2v) is 4.52. The van der Waals surface area contributed by atoms with Crippen molar-refractivity contribution in [3.05, 3.63) is 29.3 Å². The number of para-hydroxylation sites is 1. The topological polar surface area (TPSA) is 113 Å². The zero-order valence-electron chi connectivity index (χ0n) is 10.9. The summed E-state index contributed by atoms with van der Waals surface area (Å²) in [6.45, 7) is -0.416. The van der Waals surface area contributed by atoms with Gasteiger partial charge in [0.05, 0.1) is 5.02 Å². The number of rotatable bonds is 8. The lowest BCUT2D eigenvalue weighted by atomic mass is 10.1. The third-order valence-electron chi connectivity index (χ3n) is 2.48. The number of halogens is 1. The molecular weight excluding hydrogens is 302 g/mol. The summed E-state index contributed by atoms with van der Waals surface area (Å²) in [5, 5.41) is 19.9. The molecule has 0 aliphatic rings. The molecule has 114 valence electrons. The van der Waals surface area contributed by atoms with Crippen molar-refractivity contribution in [1.29, 1.82) is 0 Å². The smallest absolute Gasteiger partial charge is 0.326 e. The quantitative estimate of drug-likeness (QED) is 0.663. The molecule has 1 rings (SSSR count). The van der Waals surface area contributed by atoms with Crippen molar-refractivity contribution in [3.8, 4) is 5.75 Å². The Morgan fingerprint density at radius 2 is 1.90 bits per heavy atom. The van der Waals surface area contributed by atoms with Crippen molar-refractivity contribution in [2.75, 3.05) is 6.61 Å². The van der Waals surface area contributed by atoms with Crippen LogP contribution in [0.15, 0.2) is 24.3 Å². The molecule has 7 nitrogen and oxygen atoms in total. The Morgan fingerprint density at radius 1 is 1.24 bits per heavy atom. The summed E-state index contributed by atoms with van der Waals surface area (Å²) >= 11 is 5.83. The molecule has 0 aliphatic carbocycles. The summed E-state index contributed by atoms with van der Waals surface area (Å²) in [5.74, 6) is -2.82. The van der Waals surface area contributed by atoms with Crippen molar-refractivity contribution in [1.82, 2.24) is 5.32 Å². The predicted octanol–water partition coefficient (Wildman–Crippen LogP) is 1.15. The van der Waals surface area contributed by atoms with Crippen LogP contribution in [0.4, 0.5) is 0 Å². The van der Waals surface area contributed by atoms with Gasteiger partial charge in [0, 0.05) is 6.42 Å². The molecule has 8 heteroatoms. The molecule has 0 spiro atoms. The lowest BCUT2D eigenvalue weighted by Gasteiger charge is -2.14. The molecule has 0 fully saturated rings. The highest BCUT2D eigenvalue weighted by atomic mass is 35.5. The molecule has 0 aromatic heterocycles. The molecule has 0 saturated carbocycles. The number of hydrogen-bond donors (Lipinski definition) is 3. The maximum atomic E-state index is 11.6. The summed E-state index contributed by atoms with van der Waals surface area (Å²) in [6.07, 6.45) is -0.564. The first-order valence-electron chi connectivity index (χ1n) is 6.01. The molecule has 0 saturated heterocycles. The minimum absolute atomic E-state index is 0.206. The maximum Gasteiger partial charge on any atom is 0.326 e. The van der Waals surface area contributed by atoms with Crippen LogP contribution >= 0.6 is 11.6 Å². The fourth-order valence-electron chi connectivity index (χ4n) is 1.47. The molecule has 0 bridgehead atoms. The van der Waals surface area contributed by atoms with Crippen LogP contribution in [0.3, 0.4) is 0 Å². The molecule has 1 atom stereocenters. The first-order chi connectivity index (χ1) is 9.90. The Bertz CT molecular complexity index is 533. The third-order valence-corrected chi connectivity index (χ3v) is 2.79. The maximum absolute atomic E-state index is 11.6. The van der Waals surface area contributed by atoms with E-state index in [-0.39, 0.29) is 12.8 Å². The van der Waals surface area contributed by atoms with Gasteiger partial charge in [-0.1, -0.05) is 23.7 Å². The SMILES string of the molecule is O=C(O)CCC(NC(=O)COc1ccccc1Cl)C(=O)O. The summed E-state index contributed by atoms with van der Waals surface area (Å²) in [5.41, 5.74) is 0. The van der Waals surface area contributed by atoms with Crippen molar-refractivity contribution in [3.63, 3.8) is 0 Å². The van der Waals surface area contributed by atoms with E-state index in [1.807, 2.05) is 0 Å². The van der Waals surface area contributed by atoms with Crippen molar-refractivity contribution >= 4 is 29.4 Å². The molecular formula is C13H14ClNO6. The number of hydrogen-bond acceptors (Lipinski definition) is 4. The van der Waals surface area contributed by atoms with E-state index in [0.717, 1.165) is 0 Å². The van der Waals surface area contributed by atoms with Crippen LogP contribution in [0, 0.1) is 0 Å². The number of carboxylic acid groups (broad SMARTS) is 2. The van der Waals surface area contributed by atoms with E-state index in [1.165, 1.54) is 0 Å². The number of amides is 1. The first-order valence-corrected chi connectivity index (χ1v) is 6.39. The zero-order chi connectivity index (χ0) is 15.8. The predicted molar refractivity (Wildman–Crippen MR) is 73.4 cm³/mol. The van der Waals surface area contributed by atoms with Gasteiger partial charge < -0.3 is 20.3 Å². The Labute approximate surface area is 125 Å². The monoisotopic (exact) mass is 315 g/mol. The average molecular weight is 316 g/mol. The van der Waals surface area contributed by atoms with Gasteiger partial charge in [-0.05, 0) is 18.6 Å². The number of nitrogens with one attached hydrogen (secondary N) is 1. The number of carbonyl (C=O) groups excluding carboxylic acids is 1. The minimum atomic E-state index is -1.30. The van der Waals surface area contributed by atoms with Crippen LogP contribution in [0.25, 0.3) is 0 Å². The Hall–Kier alpha value is -2.28. The van der Waals surface area contributed by atoms with Gasteiger partial charge >= 0.3 is 11.9 Å². The Balaban J connectivity index is 2.49. The average Bonchev–Trinajstić information content (AvgIpc) is 2.42. The molecule has 0 aliphatic heterocycles. The number of carbonyl (C=O) groups is 3. The lowest BCUT2D eigenvalue weighted by Crippen LogP contribution is -2.43. The highest BCUT2D eigenvalue weighted by Crippen LogP contribution is 2.22. The third kappa shape index (κ3) is 6.13. The summed E-state index contributed by atoms with van der Waals surface area (Å²) in [6, 6.07) is 5.24. The molecule has 1 amide bonds. The highest BCUT2D eigenvalue weighted by molar-refractivity contribution is 6.32. The lowest BCUT2D eigenvalue weighted by molar-refractivity contribution is -0.143. The molecule has 0 heterocycles. The number of ether oxygens (including phenoxy) is 1. The summed E-state index contributed by atoms with van der Waals surface area (Å²) < 4.78 is 5.15. The van der Waals surface area contributed by atoms with Crippen LogP contribution < -0.4 is 10.1 Å². The molecule has 1 aromatic carbocycles. The molecule has 1 unspecified atom stereocenters. The van der Waals surface area contributed by atoms with Gasteiger partial charge in [0.15, 0.2) is 6.61 Å². The van der Waals surface area contributed by atoms with E-state index < -0.39 is 30.5 Å². The minimum Gasteiger partial charge on any atom is -0.482 e. The largest absolute Gasteiger partial charge is 0.482 e. The van der Waals surface area contributed by atoms with Crippen LogP contribution in [-0.2, 0) is 14.4 Å². The molecule has 0 radical (unpaired) electrons. The van der Waals surface area contributed by atoms with Gasteiger partial charge in [-0.25, -0.2) is 4.79 Å². The van der Waals surface area contributed by atoms with Gasteiger partial charge in [0.25, 0.3) is 5.91 Å². The number of aliphatic carboxylic acids is 2. The Morgan fingerprint density at radius 3 is 2.48 bits per heavy atom. The Kier molecular flexibility index (Phi) is 6.48. The fraction of sp³-hybridized carbons (Fsp3) is 0.308. The standard InChI is InChI=1S/C13H14ClNO6/c14-8-3-1-2-4-10(8)21-7-11(16)15-9(13(19)20)5-6-12(17)18/h1-4,9H,5-7H2,(H,15,16)(H,17,18)(H,19,20). The van der Waals surface area contributed by atoms with Crippen LogP contribution in [0.1, 0.15) is 12.8 Å². The first kappa shape index (κ1) is 16.8. The van der Waals surface area contributed by atoms with E-state index in [1.54, 1.807) is 24.3 Å². The van der Waals surface area contributed by atoms with Gasteiger partial charge in [0.2, 0.25) is 0 Å². The van der Waals surface area contributed by atoms with E-state index in [4.69, 9.17) is 26.6 Å². The van der Waals surface area contributed by atoms with E-state index in [0.29, 0.717) is 10.8 Å². The van der Waals surface area contributed by atoms with Gasteiger partial charge in [-0.2, -0.15) is 0 Å². The van der Waals surface area contributed by atoms with Crippen molar-refractivity contribution in [2.45, 2.75) is 18.9 Å². The number of carboxylic acids is 2. The van der Waals surface area contributed by atoms with Crippen molar-refractivity contribution < 1.29 is 29.3 Å². The fourth-order valence-corrected chi connectivity index (χ4v) is 1.66. The van der Waals surface area contributed by atoms with Crippen molar-refractivity contribution in [2.24, 2.45) is 0 Å².